The molecule has 1 N–H and O–H groups in total. The Kier molecular flexibility index (Phi) is 4.57. The van der Waals surface area contributed by atoms with E-state index in [1.54, 1.807) is 0 Å². The van der Waals surface area contributed by atoms with Gasteiger partial charge in [0.15, 0.2) is 23.0 Å². The van der Waals surface area contributed by atoms with Crippen LogP contribution in [0, 0.1) is 6.92 Å². The SMILES string of the molecule is COC(=O)C1=CC(=O)C=C(OC)C12OC(=O)c1c(O)c(Cl)c(C)c(Cl)c1O2. The lowest BCUT2D eigenvalue weighted by atomic mass is 9.94. The molecular formula is C17H12Cl2O8. The summed E-state index contributed by atoms with van der Waals surface area (Å²) in [5.41, 5.74) is -0.618. The van der Waals surface area contributed by atoms with Gasteiger partial charge < -0.3 is 24.1 Å². The second-order valence-electron chi connectivity index (χ2n) is 5.58. The van der Waals surface area contributed by atoms with Crippen molar-refractivity contribution in [3.05, 3.63) is 44.7 Å². The van der Waals surface area contributed by atoms with Gasteiger partial charge in [-0.3, -0.25) is 4.79 Å². The Morgan fingerprint density at radius 2 is 1.81 bits per heavy atom. The van der Waals surface area contributed by atoms with Gasteiger partial charge in [-0.2, -0.15) is 0 Å². The normalized spacial score (nSPS) is 20.9. The molecule has 0 fully saturated rings. The van der Waals surface area contributed by atoms with Crippen molar-refractivity contribution in [2.24, 2.45) is 0 Å². The minimum absolute atomic E-state index is 0.0830. The average molecular weight is 415 g/mol. The predicted molar refractivity (Wildman–Crippen MR) is 91.8 cm³/mol. The molecule has 0 radical (unpaired) electrons. The molecule has 1 aliphatic heterocycles. The van der Waals surface area contributed by atoms with E-state index in [2.05, 4.69) is 4.74 Å². The number of methoxy groups -OCH3 is 2. The van der Waals surface area contributed by atoms with Crippen LogP contribution in [0.15, 0.2) is 23.5 Å². The number of carbonyl (C=O) groups excluding carboxylic acids is 3. The first kappa shape index (κ1) is 19.1. The van der Waals surface area contributed by atoms with Crippen LogP contribution in [0.1, 0.15) is 15.9 Å². The monoisotopic (exact) mass is 414 g/mol. The second kappa shape index (κ2) is 6.47. The summed E-state index contributed by atoms with van der Waals surface area (Å²) in [7, 11) is 2.27. The van der Waals surface area contributed by atoms with E-state index in [9.17, 15) is 19.5 Å². The Morgan fingerprint density at radius 3 is 2.41 bits per heavy atom. The molecule has 1 unspecified atom stereocenters. The Labute approximate surface area is 162 Å². The van der Waals surface area contributed by atoms with E-state index in [0.717, 1.165) is 19.3 Å². The minimum atomic E-state index is -2.25. The van der Waals surface area contributed by atoms with Crippen molar-refractivity contribution in [2.45, 2.75) is 12.7 Å². The molecule has 1 spiro atoms. The van der Waals surface area contributed by atoms with Crippen molar-refractivity contribution in [3.8, 4) is 11.5 Å². The number of phenols is 1. The van der Waals surface area contributed by atoms with Crippen LogP contribution in [0.5, 0.6) is 11.5 Å². The fourth-order valence-corrected chi connectivity index (χ4v) is 3.21. The van der Waals surface area contributed by atoms with Crippen LogP contribution in [0.4, 0.5) is 0 Å². The van der Waals surface area contributed by atoms with Gasteiger partial charge in [-0.1, -0.05) is 23.2 Å². The summed E-state index contributed by atoms with van der Waals surface area (Å²) >= 11 is 12.2. The topological polar surface area (TPSA) is 108 Å². The Balaban J connectivity index is 2.30. The summed E-state index contributed by atoms with van der Waals surface area (Å²) in [6.45, 7) is 1.50. The first-order chi connectivity index (χ1) is 12.7. The summed E-state index contributed by atoms with van der Waals surface area (Å²) in [6, 6.07) is 0. The highest BCUT2D eigenvalue weighted by molar-refractivity contribution is 6.39. The Bertz CT molecular complexity index is 962. The molecule has 10 heteroatoms. The number of phenolic OH excluding ortho intramolecular Hbond substituents is 1. The van der Waals surface area contributed by atoms with Gasteiger partial charge in [0.05, 0.1) is 24.3 Å². The fourth-order valence-electron chi connectivity index (χ4n) is 2.75. The summed E-state index contributed by atoms with van der Waals surface area (Å²) in [4.78, 5) is 36.8. The van der Waals surface area contributed by atoms with Gasteiger partial charge in [0.25, 0.3) is 0 Å². The third kappa shape index (κ3) is 2.64. The fraction of sp³-hybridized carbons (Fsp3) is 0.235. The third-order valence-corrected chi connectivity index (χ3v) is 5.00. The quantitative estimate of drug-likeness (QED) is 0.734. The first-order valence-electron chi connectivity index (χ1n) is 7.41. The van der Waals surface area contributed by atoms with Gasteiger partial charge in [0.2, 0.25) is 0 Å². The lowest BCUT2D eigenvalue weighted by Gasteiger charge is -2.40. The van der Waals surface area contributed by atoms with E-state index in [-0.39, 0.29) is 27.1 Å². The van der Waals surface area contributed by atoms with Crippen molar-refractivity contribution in [3.63, 3.8) is 0 Å². The second-order valence-corrected chi connectivity index (χ2v) is 6.33. The number of fused-ring (bicyclic) bond motifs is 1. The summed E-state index contributed by atoms with van der Waals surface area (Å²) in [5, 5.41) is 9.98. The molecule has 8 nitrogen and oxygen atoms in total. The zero-order valence-corrected chi connectivity index (χ0v) is 15.7. The van der Waals surface area contributed by atoms with Gasteiger partial charge in [-0.15, -0.1) is 0 Å². The average Bonchev–Trinajstić information content (AvgIpc) is 2.65. The largest absolute Gasteiger partial charge is 0.505 e. The number of hydrogen-bond donors (Lipinski definition) is 1. The molecule has 3 rings (SSSR count). The number of esters is 2. The number of allylic oxidation sites excluding steroid dienone is 2. The molecule has 27 heavy (non-hydrogen) atoms. The summed E-state index contributed by atoms with van der Waals surface area (Å²) in [5.74, 6) is -6.10. The molecule has 2 aliphatic rings. The highest BCUT2D eigenvalue weighted by Gasteiger charge is 2.57. The molecule has 142 valence electrons. The van der Waals surface area contributed by atoms with E-state index in [0.29, 0.717) is 0 Å². The molecule has 0 aromatic heterocycles. The van der Waals surface area contributed by atoms with Crippen LogP contribution in [0.3, 0.4) is 0 Å². The molecule has 1 atom stereocenters. The molecule has 1 aromatic rings. The van der Waals surface area contributed by atoms with Crippen LogP contribution in [0.2, 0.25) is 10.0 Å². The van der Waals surface area contributed by atoms with Gasteiger partial charge in [-0.25, -0.2) is 9.59 Å². The minimum Gasteiger partial charge on any atom is -0.505 e. The van der Waals surface area contributed by atoms with E-state index in [1.165, 1.54) is 14.0 Å². The lowest BCUT2D eigenvalue weighted by Crippen LogP contribution is -2.52. The van der Waals surface area contributed by atoms with Crippen LogP contribution < -0.4 is 4.74 Å². The molecule has 0 bridgehead atoms. The number of carbonyl (C=O) groups is 3. The zero-order valence-electron chi connectivity index (χ0n) is 14.2. The van der Waals surface area contributed by atoms with Crippen molar-refractivity contribution < 1.29 is 38.4 Å². The Hall–Kier alpha value is -2.71. The molecule has 1 aliphatic carbocycles. The van der Waals surface area contributed by atoms with Gasteiger partial charge >= 0.3 is 17.7 Å². The zero-order chi connectivity index (χ0) is 20.1. The number of halogens is 2. The first-order valence-corrected chi connectivity index (χ1v) is 8.17. The van der Waals surface area contributed by atoms with E-state index < -0.39 is 40.4 Å². The standard InChI is InChI=1S/C17H12Cl2O8/c1-6-11(18)13(21)10-14(12(6)19)26-17(27-16(10)23)8(15(22)25-3)4-7(20)5-9(17)24-2/h4-5,21H,1-3H3. The van der Waals surface area contributed by atoms with E-state index in [4.69, 9.17) is 37.4 Å². The third-order valence-electron chi connectivity index (χ3n) is 4.08. The highest BCUT2D eigenvalue weighted by Crippen LogP contribution is 2.51. The van der Waals surface area contributed by atoms with Crippen LogP contribution >= 0.6 is 23.2 Å². The molecule has 0 saturated heterocycles. The highest BCUT2D eigenvalue weighted by atomic mass is 35.5. The number of hydrogen-bond acceptors (Lipinski definition) is 8. The van der Waals surface area contributed by atoms with Crippen molar-refractivity contribution in [1.29, 1.82) is 0 Å². The maximum Gasteiger partial charge on any atom is 0.349 e. The van der Waals surface area contributed by atoms with Gasteiger partial charge in [0, 0.05) is 12.2 Å². The molecule has 1 heterocycles. The van der Waals surface area contributed by atoms with Crippen LogP contribution in [-0.2, 0) is 23.8 Å². The predicted octanol–water partition coefficient (Wildman–Crippen LogP) is 2.47. The number of aromatic hydroxyl groups is 1. The van der Waals surface area contributed by atoms with Gasteiger partial charge in [-0.05, 0) is 12.5 Å². The molecule has 1 aromatic carbocycles. The van der Waals surface area contributed by atoms with Gasteiger partial charge in [0.1, 0.15) is 11.1 Å². The molecular weight excluding hydrogens is 403 g/mol. The van der Waals surface area contributed by atoms with Crippen molar-refractivity contribution in [2.75, 3.05) is 14.2 Å². The lowest BCUT2D eigenvalue weighted by molar-refractivity contribution is -0.155. The number of ether oxygens (including phenoxy) is 4. The van der Waals surface area contributed by atoms with Crippen LogP contribution in [-0.4, -0.2) is 42.8 Å². The number of ketones is 1. The molecule has 0 amide bonds. The Morgan fingerprint density at radius 1 is 1.15 bits per heavy atom. The van der Waals surface area contributed by atoms with Crippen LogP contribution in [0.25, 0.3) is 0 Å². The number of benzene rings is 1. The molecule has 0 saturated carbocycles. The smallest absolute Gasteiger partial charge is 0.349 e. The summed E-state index contributed by atoms with van der Waals surface area (Å²) in [6.07, 6.45) is 1.88. The maximum absolute atomic E-state index is 12.7. The van der Waals surface area contributed by atoms with Crippen molar-refractivity contribution in [1.82, 2.24) is 0 Å². The van der Waals surface area contributed by atoms with Crippen molar-refractivity contribution >= 4 is 40.9 Å². The van der Waals surface area contributed by atoms with E-state index >= 15 is 0 Å². The van der Waals surface area contributed by atoms with E-state index in [1.807, 2.05) is 0 Å². The summed E-state index contributed by atoms with van der Waals surface area (Å²) < 4.78 is 20.9. The number of rotatable bonds is 2. The maximum atomic E-state index is 12.7.